The molecular weight excluding hydrogens is 277 g/mol. The summed E-state index contributed by atoms with van der Waals surface area (Å²) in [7, 11) is 0. The van der Waals surface area contributed by atoms with E-state index < -0.39 is 17.0 Å². The zero-order valence-electron chi connectivity index (χ0n) is 2.43. The molecular formula is H2AuO5. The van der Waals surface area contributed by atoms with Gasteiger partial charge in [-0.25, -0.2) is 0 Å². The van der Waals surface area contributed by atoms with Gasteiger partial charge in [0.25, 0.3) is 0 Å². The molecule has 0 unspecified atom stereocenters. The van der Waals surface area contributed by atoms with E-state index in [0.29, 0.717) is 0 Å². The van der Waals surface area contributed by atoms with Crippen LogP contribution in [0.15, 0.2) is 0 Å². The number of hydrogen-bond acceptors (Lipinski definition) is 4. The maximum atomic E-state index is 8.61. The normalized spacial score (nSPS) is 12.0. The van der Waals surface area contributed by atoms with E-state index in [1.165, 1.54) is 0 Å². The van der Waals surface area contributed by atoms with Crippen molar-refractivity contribution in [3.8, 4) is 0 Å². The van der Waals surface area contributed by atoms with Crippen molar-refractivity contribution in [1.82, 2.24) is 0 Å². The first-order valence-electron chi connectivity index (χ1n) is 0.492. The molecule has 0 amide bonds. The average Bonchev–Trinajstić information content (AvgIpc) is 0.722. The van der Waals surface area contributed by atoms with Crippen LogP contribution in [0.25, 0.3) is 0 Å². The first-order chi connectivity index (χ1) is 2.00. The SMILES string of the molecule is O.[O]=[Au](=[O])(=[O])=[O]. The van der Waals surface area contributed by atoms with E-state index in [1.54, 1.807) is 0 Å². The Kier molecular flexibility index (Phi) is 3.32. The van der Waals surface area contributed by atoms with Crippen LogP contribution in [0.1, 0.15) is 0 Å². The summed E-state index contributed by atoms with van der Waals surface area (Å²) >= 11 is -5.89. The molecule has 0 saturated carbocycles. The molecule has 0 aliphatic carbocycles. The van der Waals surface area contributed by atoms with Gasteiger partial charge in [0.1, 0.15) is 0 Å². The van der Waals surface area contributed by atoms with E-state index >= 15 is 0 Å². The molecule has 0 aromatic carbocycles. The molecule has 0 heterocycles. The standard InChI is InChI=1S/Au.H2O.4O/h;1H2;;;;. The van der Waals surface area contributed by atoms with E-state index in [4.69, 9.17) is 13.0 Å². The number of hydrogen-bond donors (Lipinski definition) is 0. The van der Waals surface area contributed by atoms with E-state index in [2.05, 4.69) is 0 Å². The molecule has 0 aliphatic rings. The van der Waals surface area contributed by atoms with Gasteiger partial charge in [0, 0.05) is 0 Å². The van der Waals surface area contributed by atoms with Crippen molar-refractivity contribution < 1.29 is 35.5 Å². The Morgan fingerprint density at radius 2 is 0.833 bits per heavy atom. The van der Waals surface area contributed by atoms with Gasteiger partial charge in [-0.3, -0.25) is 0 Å². The second kappa shape index (κ2) is 2.14. The van der Waals surface area contributed by atoms with Gasteiger partial charge in [-0.2, -0.15) is 0 Å². The van der Waals surface area contributed by atoms with E-state index in [-0.39, 0.29) is 5.48 Å². The molecule has 0 aliphatic heterocycles. The van der Waals surface area contributed by atoms with Gasteiger partial charge in [-0.15, -0.1) is 0 Å². The van der Waals surface area contributed by atoms with Gasteiger partial charge >= 0.3 is 30.0 Å². The Morgan fingerprint density at radius 1 is 0.833 bits per heavy atom. The van der Waals surface area contributed by atoms with Crippen molar-refractivity contribution in [2.45, 2.75) is 0 Å². The van der Waals surface area contributed by atoms with Crippen molar-refractivity contribution >= 4 is 0 Å². The van der Waals surface area contributed by atoms with Crippen molar-refractivity contribution in [1.29, 1.82) is 0 Å². The predicted octanol–water partition coefficient (Wildman–Crippen LogP) is -1.30. The minimum absolute atomic E-state index is 0. The van der Waals surface area contributed by atoms with Gasteiger partial charge in [0.15, 0.2) is 0 Å². The second-order valence-corrected chi connectivity index (χ2v) is 2.47. The Bertz CT molecular complexity index is 155. The molecule has 0 aromatic heterocycles. The summed E-state index contributed by atoms with van der Waals surface area (Å²) < 4.78 is 34.4. The molecule has 0 saturated heterocycles. The zero-order valence-corrected chi connectivity index (χ0v) is 4.60. The molecule has 43 valence electrons. The molecule has 0 aromatic rings. The molecule has 5 nitrogen and oxygen atoms in total. The third-order valence-electron chi connectivity index (χ3n) is 0. The van der Waals surface area contributed by atoms with Crippen LogP contribution in [0.5, 0.6) is 0 Å². The van der Waals surface area contributed by atoms with E-state index in [9.17, 15) is 0 Å². The first kappa shape index (κ1) is 9.31. The second-order valence-electron chi connectivity index (χ2n) is 0.302. The van der Waals surface area contributed by atoms with Gasteiger partial charge in [-0.05, 0) is 0 Å². The monoisotopic (exact) mass is 279 g/mol. The molecule has 6 heavy (non-hydrogen) atoms. The van der Waals surface area contributed by atoms with Gasteiger partial charge < -0.3 is 5.48 Å². The third-order valence-corrected chi connectivity index (χ3v) is 0. The van der Waals surface area contributed by atoms with Crippen LogP contribution in [-0.4, -0.2) is 5.48 Å². The molecule has 0 atom stereocenters. The summed E-state index contributed by atoms with van der Waals surface area (Å²) in [6.45, 7) is 0. The van der Waals surface area contributed by atoms with Gasteiger partial charge in [0.05, 0.1) is 0 Å². The molecule has 0 rings (SSSR count). The summed E-state index contributed by atoms with van der Waals surface area (Å²) in [6.07, 6.45) is 0. The Labute approximate surface area is 36.1 Å². The Morgan fingerprint density at radius 3 is 0.833 bits per heavy atom. The topological polar surface area (TPSA) is 99.8 Å². The van der Waals surface area contributed by atoms with Crippen LogP contribution in [0.2, 0.25) is 0 Å². The van der Waals surface area contributed by atoms with E-state index in [1.807, 2.05) is 0 Å². The third kappa shape index (κ3) is 3300. The summed E-state index contributed by atoms with van der Waals surface area (Å²) in [4.78, 5) is 0. The van der Waals surface area contributed by atoms with E-state index in [0.717, 1.165) is 0 Å². The van der Waals surface area contributed by atoms with Crippen LogP contribution < -0.4 is 0 Å². The Hall–Kier alpha value is -0.0997. The van der Waals surface area contributed by atoms with Gasteiger partial charge in [-0.1, -0.05) is 0 Å². The molecule has 0 fully saturated rings. The fourth-order valence-corrected chi connectivity index (χ4v) is 0. The van der Waals surface area contributed by atoms with Crippen molar-refractivity contribution in [3.05, 3.63) is 0 Å². The van der Waals surface area contributed by atoms with Crippen molar-refractivity contribution in [2.75, 3.05) is 0 Å². The first-order valence-corrected chi connectivity index (χ1v) is 4.03. The average molecular weight is 279 g/mol. The minimum atomic E-state index is -5.89. The molecule has 0 radical (unpaired) electrons. The van der Waals surface area contributed by atoms with Crippen LogP contribution in [0, 0.1) is 0 Å². The fourth-order valence-electron chi connectivity index (χ4n) is 0. The summed E-state index contributed by atoms with van der Waals surface area (Å²) in [5.74, 6) is 0. The maximum absolute atomic E-state index is 8.61. The predicted molar refractivity (Wildman–Crippen MR) is 6.36 cm³/mol. The van der Waals surface area contributed by atoms with Crippen molar-refractivity contribution in [3.63, 3.8) is 0 Å². The summed E-state index contributed by atoms with van der Waals surface area (Å²) in [5.41, 5.74) is 0. The van der Waals surface area contributed by atoms with Gasteiger partial charge in [0.2, 0.25) is 0 Å². The van der Waals surface area contributed by atoms with Crippen LogP contribution in [0.3, 0.4) is 0 Å². The van der Waals surface area contributed by atoms with Crippen LogP contribution >= 0.6 is 0 Å². The molecule has 0 spiro atoms. The van der Waals surface area contributed by atoms with Crippen LogP contribution in [-0.2, 0) is 30.0 Å². The zero-order chi connectivity index (χ0) is 4.50. The van der Waals surface area contributed by atoms with Crippen LogP contribution in [0.4, 0.5) is 0 Å². The molecule has 6 heteroatoms. The Balaban J connectivity index is 0. The van der Waals surface area contributed by atoms with Crippen molar-refractivity contribution in [2.24, 2.45) is 0 Å². The molecule has 2 N–H and O–H groups in total. The summed E-state index contributed by atoms with van der Waals surface area (Å²) in [6, 6.07) is 0. The quantitative estimate of drug-likeness (QED) is 0.514. The molecule has 0 bridgehead atoms. The number of rotatable bonds is 0. The summed E-state index contributed by atoms with van der Waals surface area (Å²) in [5, 5.41) is 0. The fraction of sp³-hybridized carbons (Fsp3) is 0.